The minimum Gasteiger partial charge on any atom is -0.454 e. The van der Waals surface area contributed by atoms with Crippen molar-refractivity contribution in [1.29, 1.82) is 0 Å². The molecule has 1 aromatic heterocycles. The summed E-state index contributed by atoms with van der Waals surface area (Å²) >= 11 is 0. The summed E-state index contributed by atoms with van der Waals surface area (Å²) in [6.07, 6.45) is -4.64. The number of aromatic nitrogens is 1. The number of rotatable bonds is 4. The second kappa shape index (κ2) is 7.78. The summed E-state index contributed by atoms with van der Waals surface area (Å²) in [7, 11) is 0. The molecule has 0 unspecified atom stereocenters. The number of ether oxygens (including phenoxy) is 1. The Bertz CT molecular complexity index is 1050. The van der Waals surface area contributed by atoms with Gasteiger partial charge in [0.15, 0.2) is 11.6 Å². The highest BCUT2D eigenvalue weighted by Gasteiger charge is 2.31. The Morgan fingerprint density at radius 3 is 2.34 bits per heavy atom. The number of anilines is 2. The SMILES string of the molecule is Cc1ccc(C(=O)Nc2ccc(Oc3ccc(C(F)(F)F)cc3F)cc2)c(N)n1. The van der Waals surface area contributed by atoms with Crippen LogP contribution in [0.5, 0.6) is 11.5 Å². The van der Waals surface area contributed by atoms with Crippen LogP contribution in [0.15, 0.2) is 54.6 Å². The number of benzene rings is 2. The average Bonchev–Trinajstić information content (AvgIpc) is 2.64. The zero-order valence-corrected chi connectivity index (χ0v) is 15.0. The van der Waals surface area contributed by atoms with Crippen molar-refractivity contribution < 1.29 is 27.1 Å². The lowest BCUT2D eigenvalue weighted by Crippen LogP contribution is -2.15. The first kappa shape index (κ1) is 20.1. The smallest absolute Gasteiger partial charge is 0.416 e. The number of nitrogens with zero attached hydrogens (tertiary/aromatic N) is 1. The van der Waals surface area contributed by atoms with E-state index in [4.69, 9.17) is 10.5 Å². The third-order valence-electron chi connectivity index (χ3n) is 3.91. The summed E-state index contributed by atoms with van der Waals surface area (Å²) in [6, 6.07) is 11.1. The lowest BCUT2D eigenvalue weighted by molar-refractivity contribution is -0.137. The summed E-state index contributed by atoms with van der Waals surface area (Å²) in [5.41, 5.74) is 5.93. The van der Waals surface area contributed by atoms with Gasteiger partial charge in [0.05, 0.1) is 11.1 Å². The molecule has 3 rings (SSSR count). The number of aryl methyl sites for hydroxylation is 1. The number of carbonyl (C=O) groups excluding carboxylic acids is 1. The van der Waals surface area contributed by atoms with Crippen LogP contribution >= 0.6 is 0 Å². The number of carbonyl (C=O) groups is 1. The molecule has 0 spiro atoms. The van der Waals surface area contributed by atoms with Crippen molar-refractivity contribution in [1.82, 2.24) is 4.98 Å². The first-order valence-corrected chi connectivity index (χ1v) is 8.32. The van der Waals surface area contributed by atoms with Gasteiger partial charge in [-0.2, -0.15) is 13.2 Å². The van der Waals surface area contributed by atoms with E-state index in [0.29, 0.717) is 17.4 Å². The molecular formula is C20H15F4N3O2. The number of nitrogen functional groups attached to an aromatic ring is 1. The van der Waals surface area contributed by atoms with Gasteiger partial charge in [0.2, 0.25) is 0 Å². The van der Waals surface area contributed by atoms with Gasteiger partial charge >= 0.3 is 6.18 Å². The molecule has 0 aliphatic carbocycles. The number of hydrogen-bond acceptors (Lipinski definition) is 4. The third-order valence-corrected chi connectivity index (χ3v) is 3.91. The molecule has 0 radical (unpaired) electrons. The normalized spacial score (nSPS) is 11.2. The van der Waals surface area contributed by atoms with E-state index < -0.39 is 23.5 Å². The van der Waals surface area contributed by atoms with E-state index in [2.05, 4.69) is 10.3 Å². The number of alkyl halides is 3. The first-order valence-electron chi connectivity index (χ1n) is 8.32. The van der Waals surface area contributed by atoms with Gasteiger partial charge in [0.1, 0.15) is 11.6 Å². The van der Waals surface area contributed by atoms with Crippen LogP contribution in [0.4, 0.5) is 29.1 Å². The van der Waals surface area contributed by atoms with E-state index in [1.165, 1.54) is 24.3 Å². The number of halogens is 4. The molecule has 9 heteroatoms. The maximum atomic E-state index is 13.9. The molecule has 0 bridgehead atoms. The molecular weight excluding hydrogens is 390 g/mol. The standard InChI is InChI=1S/C20H15F4N3O2/c1-11-2-8-15(18(25)26-11)19(28)27-13-4-6-14(7-5-13)29-17-9-3-12(10-16(17)21)20(22,23)24/h2-10H,1H3,(H2,25,26)(H,27,28). The van der Waals surface area contributed by atoms with Crippen molar-refractivity contribution in [3.05, 3.63) is 77.2 Å². The molecule has 0 saturated carbocycles. The highest BCUT2D eigenvalue weighted by atomic mass is 19.4. The van der Waals surface area contributed by atoms with Crippen LogP contribution in [0.3, 0.4) is 0 Å². The summed E-state index contributed by atoms with van der Waals surface area (Å²) < 4.78 is 56.9. The molecule has 0 fully saturated rings. The van der Waals surface area contributed by atoms with Crippen LogP contribution in [0.25, 0.3) is 0 Å². The molecule has 5 nitrogen and oxygen atoms in total. The molecule has 150 valence electrons. The Morgan fingerprint density at radius 2 is 1.76 bits per heavy atom. The van der Waals surface area contributed by atoms with Gasteiger partial charge in [-0.05, 0) is 61.5 Å². The molecule has 2 aromatic carbocycles. The van der Waals surface area contributed by atoms with Gasteiger partial charge < -0.3 is 15.8 Å². The maximum Gasteiger partial charge on any atom is 0.416 e. The number of pyridine rings is 1. The topological polar surface area (TPSA) is 77.2 Å². The van der Waals surface area contributed by atoms with E-state index in [-0.39, 0.29) is 22.9 Å². The van der Waals surface area contributed by atoms with Crippen molar-refractivity contribution in [2.75, 3.05) is 11.1 Å². The van der Waals surface area contributed by atoms with Crippen LogP contribution in [0.2, 0.25) is 0 Å². The molecule has 1 amide bonds. The van der Waals surface area contributed by atoms with Crippen molar-refractivity contribution in [3.8, 4) is 11.5 Å². The fourth-order valence-corrected chi connectivity index (χ4v) is 2.46. The largest absolute Gasteiger partial charge is 0.454 e. The third kappa shape index (κ3) is 4.81. The number of nitrogens with one attached hydrogen (secondary N) is 1. The van der Waals surface area contributed by atoms with E-state index in [0.717, 1.165) is 12.1 Å². The predicted octanol–water partition coefficient (Wildman–Crippen LogP) is 5.17. The molecule has 0 saturated heterocycles. The van der Waals surface area contributed by atoms with Crippen molar-refractivity contribution in [2.45, 2.75) is 13.1 Å². The van der Waals surface area contributed by atoms with E-state index in [9.17, 15) is 22.4 Å². The Hall–Kier alpha value is -3.62. The van der Waals surface area contributed by atoms with Gasteiger partial charge in [-0.25, -0.2) is 9.37 Å². The highest BCUT2D eigenvalue weighted by molar-refractivity contribution is 6.07. The Kier molecular flexibility index (Phi) is 5.40. The van der Waals surface area contributed by atoms with Crippen LogP contribution in [0.1, 0.15) is 21.6 Å². The van der Waals surface area contributed by atoms with Gasteiger partial charge in [-0.3, -0.25) is 4.79 Å². The maximum absolute atomic E-state index is 13.9. The quantitative estimate of drug-likeness (QED) is 0.587. The number of nitrogens with two attached hydrogens (primary N) is 1. The lowest BCUT2D eigenvalue weighted by Gasteiger charge is -2.11. The van der Waals surface area contributed by atoms with E-state index in [1.54, 1.807) is 19.1 Å². The van der Waals surface area contributed by atoms with Crippen LogP contribution in [-0.2, 0) is 6.18 Å². The molecule has 1 heterocycles. The van der Waals surface area contributed by atoms with Gasteiger partial charge in [0.25, 0.3) is 5.91 Å². The summed E-state index contributed by atoms with van der Waals surface area (Å²) in [5, 5.41) is 2.63. The summed E-state index contributed by atoms with van der Waals surface area (Å²) in [5.74, 6) is -1.68. The zero-order chi connectivity index (χ0) is 21.2. The molecule has 3 aromatic rings. The molecule has 0 aliphatic rings. The first-order chi connectivity index (χ1) is 13.6. The van der Waals surface area contributed by atoms with Crippen molar-refractivity contribution >= 4 is 17.4 Å². The Balaban J connectivity index is 1.70. The summed E-state index contributed by atoms with van der Waals surface area (Å²) in [6.45, 7) is 1.75. The van der Waals surface area contributed by atoms with E-state index >= 15 is 0 Å². The number of hydrogen-bond donors (Lipinski definition) is 2. The Morgan fingerprint density at radius 1 is 1.07 bits per heavy atom. The number of amides is 1. The average molecular weight is 405 g/mol. The van der Waals surface area contributed by atoms with E-state index in [1.807, 2.05) is 0 Å². The molecule has 0 aliphatic heterocycles. The Labute approximate surface area is 163 Å². The highest BCUT2D eigenvalue weighted by Crippen LogP contribution is 2.33. The van der Waals surface area contributed by atoms with Crippen LogP contribution in [-0.4, -0.2) is 10.9 Å². The zero-order valence-electron chi connectivity index (χ0n) is 15.0. The fourth-order valence-electron chi connectivity index (χ4n) is 2.46. The van der Waals surface area contributed by atoms with Crippen molar-refractivity contribution in [3.63, 3.8) is 0 Å². The summed E-state index contributed by atoms with van der Waals surface area (Å²) in [4.78, 5) is 16.3. The molecule has 3 N–H and O–H groups in total. The fraction of sp³-hybridized carbons (Fsp3) is 0.100. The predicted molar refractivity (Wildman–Crippen MR) is 99.3 cm³/mol. The lowest BCUT2D eigenvalue weighted by atomic mass is 10.2. The minimum atomic E-state index is -4.64. The second-order valence-electron chi connectivity index (χ2n) is 6.11. The molecule has 0 atom stereocenters. The van der Waals surface area contributed by atoms with Gasteiger partial charge in [0, 0.05) is 11.4 Å². The monoisotopic (exact) mass is 405 g/mol. The van der Waals surface area contributed by atoms with Crippen molar-refractivity contribution in [2.24, 2.45) is 0 Å². The minimum absolute atomic E-state index is 0.0974. The second-order valence-corrected chi connectivity index (χ2v) is 6.11. The molecule has 29 heavy (non-hydrogen) atoms. The van der Waals surface area contributed by atoms with Gasteiger partial charge in [-0.1, -0.05) is 0 Å². The van der Waals surface area contributed by atoms with Crippen LogP contribution < -0.4 is 15.8 Å². The van der Waals surface area contributed by atoms with Gasteiger partial charge in [-0.15, -0.1) is 0 Å². The van der Waals surface area contributed by atoms with Crippen LogP contribution in [0, 0.1) is 12.7 Å².